The van der Waals surface area contributed by atoms with Gasteiger partial charge in [-0.1, -0.05) is 53.0 Å². The molecule has 2 atom stereocenters. The molecule has 0 radical (unpaired) electrons. The van der Waals surface area contributed by atoms with Crippen LogP contribution in [0.25, 0.3) is 6.08 Å². The van der Waals surface area contributed by atoms with Gasteiger partial charge in [-0.3, -0.25) is 9.59 Å². The fraction of sp³-hybridized carbons (Fsp3) is 0.273. The van der Waals surface area contributed by atoms with E-state index in [1.54, 1.807) is 0 Å². The summed E-state index contributed by atoms with van der Waals surface area (Å²) in [6, 6.07) is 3.18. The van der Waals surface area contributed by atoms with Crippen molar-refractivity contribution in [1.29, 1.82) is 0 Å². The van der Waals surface area contributed by atoms with E-state index in [9.17, 15) is 35.9 Å². The van der Waals surface area contributed by atoms with Crippen LogP contribution in [0.5, 0.6) is 0 Å². The molecule has 0 bridgehead atoms. The Labute approximate surface area is 211 Å². The van der Waals surface area contributed by atoms with Gasteiger partial charge in [0.25, 0.3) is 5.91 Å². The number of nitrogens with one attached hydrogen (secondary N) is 2. The number of hydrogen-bond donors (Lipinski definition) is 2. The Balaban J connectivity index is 2.47. The summed E-state index contributed by atoms with van der Waals surface area (Å²) in [7, 11) is 1.29. The zero-order valence-corrected chi connectivity index (χ0v) is 20.2. The maximum atomic E-state index is 13.7. The summed E-state index contributed by atoms with van der Waals surface area (Å²) in [5.74, 6) is -4.07. The fourth-order valence-corrected chi connectivity index (χ4v) is 3.64. The van der Waals surface area contributed by atoms with Gasteiger partial charge in [0.05, 0.1) is 32.1 Å². The highest BCUT2D eigenvalue weighted by Gasteiger charge is 2.40. The summed E-state index contributed by atoms with van der Waals surface area (Å²) in [4.78, 5) is 23.9. The molecule has 2 rings (SSSR count). The number of hydrogen-bond acceptors (Lipinski definition) is 2. The van der Waals surface area contributed by atoms with Crippen molar-refractivity contribution in [3.8, 4) is 0 Å². The average Bonchev–Trinajstić information content (AvgIpc) is 2.75. The summed E-state index contributed by atoms with van der Waals surface area (Å²) in [5, 5.41) is 3.78. The molecular weight excluding hydrogens is 545 g/mol. The van der Waals surface area contributed by atoms with E-state index in [-0.39, 0.29) is 26.2 Å². The highest BCUT2D eigenvalue weighted by molar-refractivity contribution is 6.48. The second kappa shape index (κ2) is 11.1. The predicted octanol–water partition coefficient (Wildman–Crippen LogP) is 6.89. The zero-order chi connectivity index (χ0) is 26.7. The largest absolute Gasteiger partial charge is 0.417 e. The van der Waals surface area contributed by atoms with Gasteiger partial charge in [-0.05, 0) is 42.3 Å². The molecule has 0 aliphatic rings. The topological polar surface area (TPSA) is 58.2 Å². The first-order valence-electron chi connectivity index (χ1n) is 9.69. The molecule has 0 aliphatic carbocycles. The number of carbonyl (C=O) groups is 2. The van der Waals surface area contributed by atoms with Crippen molar-refractivity contribution in [3.05, 3.63) is 73.7 Å². The van der Waals surface area contributed by atoms with Crippen LogP contribution in [-0.4, -0.2) is 31.1 Å². The summed E-state index contributed by atoms with van der Waals surface area (Å²) < 4.78 is 81.9. The second-order valence-electron chi connectivity index (χ2n) is 7.29. The van der Waals surface area contributed by atoms with E-state index >= 15 is 0 Å². The van der Waals surface area contributed by atoms with Crippen molar-refractivity contribution in [3.63, 3.8) is 0 Å². The third-order valence-electron chi connectivity index (χ3n) is 4.78. The van der Waals surface area contributed by atoms with Gasteiger partial charge in [-0.25, -0.2) is 0 Å². The van der Waals surface area contributed by atoms with E-state index < -0.39 is 47.3 Å². The molecule has 0 saturated heterocycles. The molecule has 0 aromatic heterocycles. The first kappa shape index (κ1) is 28.8. The molecule has 190 valence electrons. The summed E-state index contributed by atoms with van der Waals surface area (Å²) >= 11 is 17.4. The number of likely N-dealkylation sites (N-methyl/N-ethyl adjacent to an activating group) is 1. The van der Waals surface area contributed by atoms with Gasteiger partial charge in [0, 0.05) is 7.05 Å². The van der Waals surface area contributed by atoms with E-state index in [1.807, 2.05) is 0 Å². The van der Waals surface area contributed by atoms with Crippen LogP contribution in [-0.2, 0) is 11.0 Å². The van der Waals surface area contributed by atoms with Crippen molar-refractivity contribution < 1.29 is 35.9 Å². The van der Waals surface area contributed by atoms with Crippen LogP contribution in [0.3, 0.4) is 0 Å². The van der Waals surface area contributed by atoms with E-state index in [2.05, 4.69) is 10.6 Å². The SMILES string of the molecule is CNC(=O)C(C)NC(=O)c1ccc(C=CC(c2cc(Cl)c(Cl)c(Cl)c2)C(F)(F)F)cc1C(F)(F)F. The van der Waals surface area contributed by atoms with Crippen molar-refractivity contribution in [1.82, 2.24) is 10.6 Å². The van der Waals surface area contributed by atoms with Gasteiger partial charge in [0.15, 0.2) is 0 Å². The van der Waals surface area contributed by atoms with Crippen molar-refractivity contribution in [2.24, 2.45) is 0 Å². The van der Waals surface area contributed by atoms with Crippen LogP contribution in [0.15, 0.2) is 36.4 Å². The molecule has 2 unspecified atom stereocenters. The van der Waals surface area contributed by atoms with Gasteiger partial charge >= 0.3 is 12.4 Å². The molecule has 4 nitrogen and oxygen atoms in total. The first-order valence-corrected chi connectivity index (χ1v) is 10.8. The summed E-state index contributed by atoms with van der Waals surface area (Å²) in [6.07, 6.45) is -8.37. The first-order chi connectivity index (χ1) is 16.1. The maximum absolute atomic E-state index is 13.7. The Kier molecular flexibility index (Phi) is 9.13. The fourth-order valence-electron chi connectivity index (χ4n) is 3.03. The second-order valence-corrected chi connectivity index (χ2v) is 8.48. The lowest BCUT2D eigenvalue weighted by atomic mass is 9.96. The van der Waals surface area contributed by atoms with Gasteiger partial charge in [0.2, 0.25) is 5.91 Å². The van der Waals surface area contributed by atoms with Gasteiger partial charge in [0.1, 0.15) is 6.04 Å². The van der Waals surface area contributed by atoms with Crippen LogP contribution in [0.4, 0.5) is 26.3 Å². The molecule has 0 heterocycles. The van der Waals surface area contributed by atoms with E-state index in [0.717, 1.165) is 30.3 Å². The molecule has 2 N–H and O–H groups in total. The quantitative estimate of drug-likeness (QED) is 0.298. The Morgan fingerprint density at radius 1 is 0.971 bits per heavy atom. The summed E-state index contributed by atoms with van der Waals surface area (Å²) in [6.45, 7) is 1.27. The maximum Gasteiger partial charge on any atom is 0.417 e. The lowest BCUT2D eigenvalue weighted by Crippen LogP contribution is -2.44. The van der Waals surface area contributed by atoms with Crippen molar-refractivity contribution in [2.75, 3.05) is 7.05 Å². The minimum absolute atomic E-state index is 0.142. The number of carbonyl (C=O) groups excluding carboxylic acids is 2. The number of halogens is 9. The molecule has 0 spiro atoms. The average molecular weight is 562 g/mol. The minimum atomic E-state index is -5.01. The Bertz CT molecular complexity index is 1130. The molecule has 2 amide bonds. The number of benzene rings is 2. The molecule has 0 aliphatic heterocycles. The molecule has 0 saturated carbocycles. The highest BCUT2D eigenvalue weighted by Crippen LogP contribution is 2.41. The standard InChI is InChI=1S/C22H17Cl3F6N2O2/c1-10(19(34)32-2)33-20(35)13-5-3-11(7-15(13)22(29,30)31)4-6-14(21(26,27)28)12-8-16(23)18(25)17(24)9-12/h3-10,14H,1-2H3,(H,32,34)(H,33,35). The number of allylic oxidation sites excluding steroid dienone is 1. The lowest BCUT2D eigenvalue weighted by molar-refractivity contribution is -0.139. The Morgan fingerprint density at radius 2 is 1.54 bits per heavy atom. The molecule has 13 heteroatoms. The van der Waals surface area contributed by atoms with Gasteiger partial charge in [-0.2, -0.15) is 26.3 Å². The van der Waals surface area contributed by atoms with Crippen LogP contribution in [0, 0.1) is 0 Å². The number of alkyl halides is 6. The summed E-state index contributed by atoms with van der Waals surface area (Å²) in [5.41, 5.74) is -2.81. The molecular formula is C22H17Cl3F6N2O2. The van der Waals surface area contributed by atoms with Gasteiger partial charge in [-0.15, -0.1) is 0 Å². The third-order valence-corrected chi connectivity index (χ3v) is 5.98. The van der Waals surface area contributed by atoms with E-state index in [0.29, 0.717) is 12.1 Å². The van der Waals surface area contributed by atoms with E-state index in [1.165, 1.54) is 14.0 Å². The molecule has 2 aromatic rings. The third kappa shape index (κ3) is 7.28. The van der Waals surface area contributed by atoms with E-state index in [4.69, 9.17) is 34.8 Å². The van der Waals surface area contributed by atoms with Crippen LogP contribution >= 0.6 is 34.8 Å². The van der Waals surface area contributed by atoms with Gasteiger partial charge < -0.3 is 10.6 Å². The predicted molar refractivity (Wildman–Crippen MR) is 122 cm³/mol. The van der Waals surface area contributed by atoms with Crippen LogP contribution in [0.1, 0.15) is 39.9 Å². The number of amides is 2. The lowest BCUT2D eigenvalue weighted by Gasteiger charge is -2.19. The highest BCUT2D eigenvalue weighted by atomic mass is 35.5. The molecule has 0 fully saturated rings. The minimum Gasteiger partial charge on any atom is -0.357 e. The van der Waals surface area contributed by atoms with Crippen molar-refractivity contribution in [2.45, 2.75) is 31.2 Å². The number of rotatable bonds is 6. The molecule has 35 heavy (non-hydrogen) atoms. The smallest absolute Gasteiger partial charge is 0.357 e. The Morgan fingerprint density at radius 3 is 2.03 bits per heavy atom. The Hall–Kier alpha value is -2.43. The monoisotopic (exact) mass is 560 g/mol. The zero-order valence-electron chi connectivity index (χ0n) is 17.9. The molecule has 2 aromatic carbocycles. The van der Waals surface area contributed by atoms with Crippen LogP contribution in [0.2, 0.25) is 15.1 Å². The van der Waals surface area contributed by atoms with Crippen LogP contribution < -0.4 is 10.6 Å². The normalized spacial score (nSPS) is 14.0. The van der Waals surface area contributed by atoms with Crippen molar-refractivity contribution >= 4 is 52.7 Å².